The summed E-state index contributed by atoms with van der Waals surface area (Å²) in [7, 11) is -3.82. The second-order valence-electron chi connectivity index (χ2n) is 7.83. The van der Waals surface area contributed by atoms with Crippen LogP contribution in [0.15, 0.2) is 47.4 Å². The summed E-state index contributed by atoms with van der Waals surface area (Å²) in [6.07, 6.45) is 2.56. The molecule has 1 N–H and O–H groups in total. The van der Waals surface area contributed by atoms with Crippen LogP contribution in [-0.4, -0.2) is 44.3 Å². The molecular weight excluding hydrogens is 452 g/mol. The van der Waals surface area contributed by atoms with Crippen LogP contribution in [0.2, 0.25) is 5.02 Å². The summed E-state index contributed by atoms with van der Waals surface area (Å²) in [4.78, 5) is 24.6. The highest BCUT2D eigenvalue weighted by Gasteiger charge is 2.29. The smallest absolute Gasteiger partial charge is 0.338 e. The first-order valence-corrected chi connectivity index (χ1v) is 12.3. The fraction of sp³-hybridized carbons (Fsp3) is 0.391. The van der Waals surface area contributed by atoms with Crippen molar-refractivity contribution in [2.75, 3.05) is 19.7 Å². The van der Waals surface area contributed by atoms with Gasteiger partial charge in [-0.1, -0.05) is 42.3 Å². The van der Waals surface area contributed by atoms with Crippen molar-refractivity contribution in [2.45, 2.75) is 44.0 Å². The number of amides is 1. The van der Waals surface area contributed by atoms with E-state index < -0.39 is 28.5 Å². The van der Waals surface area contributed by atoms with E-state index in [0.29, 0.717) is 13.1 Å². The van der Waals surface area contributed by atoms with Crippen molar-refractivity contribution in [1.82, 2.24) is 9.62 Å². The number of hydrogen-bond acceptors (Lipinski definition) is 5. The number of carbonyl (C=O) groups excluding carboxylic acids is 2. The number of carbonyl (C=O) groups is 2. The van der Waals surface area contributed by atoms with Gasteiger partial charge in [-0.05, 0) is 56.0 Å². The lowest BCUT2D eigenvalue weighted by atomic mass is 10.0. The van der Waals surface area contributed by atoms with Crippen molar-refractivity contribution >= 4 is 33.5 Å². The normalized spacial score (nSPS) is 15.7. The molecule has 0 aliphatic carbocycles. The first kappa shape index (κ1) is 24.2. The van der Waals surface area contributed by atoms with Crippen LogP contribution in [0.25, 0.3) is 0 Å². The van der Waals surface area contributed by atoms with E-state index in [1.807, 2.05) is 38.1 Å². The molecule has 0 spiro atoms. The van der Waals surface area contributed by atoms with E-state index >= 15 is 0 Å². The van der Waals surface area contributed by atoms with Crippen LogP contribution >= 0.6 is 11.6 Å². The number of benzene rings is 2. The Morgan fingerprint density at radius 2 is 1.81 bits per heavy atom. The van der Waals surface area contributed by atoms with Gasteiger partial charge >= 0.3 is 5.97 Å². The van der Waals surface area contributed by atoms with Crippen molar-refractivity contribution < 1.29 is 22.7 Å². The third-order valence-corrected chi connectivity index (χ3v) is 7.85. The highest BCUT2D eigenvalue weighted by Crippen LogP contribution is 2.28. The summed E-state index contributed by atoms with van der Waals surface area (Å²) >= 11 is 6.14. The van der Waals surface area contributed by atoms with Crippen LogP contribution in [-0.2, 0) is 19.6 Å². The van der Waals surface area contributed by atoms with Gasteiger partial charge in [0, 0.05) is 13.1 Å². The second kappa shape index (κ2) is 10.5. The zero-order valence-corrected chi connectivity index (χ0v) is 19.7. The number of nitrogens with zero attached hydrogens (tertiary/aromatic N) is 1. The minimum absolute atomic E-state index is 0.0183. The molecule has 1 heterocycles. The summed E-state index contributed by atoms with van der Waals surface area (Å²) in [5.74, 6) is -1.25. The van der Waals surface area contributed by atoms with Gasteiger partial charge in [-0.2, -0.15) is 4.31 Å². The molecule has 1 amide bonds. The molecule has 9 heteroatoms. The van der Waals surface area contributed by atoms with Crippen molar-refractivity contribution in [3.05, 3.63) is 64.2 Å². The molecule has 0 radical (unpaired) electrons. The number of sulfonamides is 1. The molecular formula is C23H27ClN2O5S. The predicted octanol–water partition coefficient (Wildman–Crippen LogP) is 3.86. The Morgan fingerprint density at radius 3 is 2.50 bits per heavy atom. The van der Waals surface area contributed by atoms with Crippen LogP contribution in [0.1, 0.15) is 53.7 Å². The minimum atomic E-state index is -3.82. The third-order valence-electron chi connectivity index (χ3n) is 5.47. The number of ether oxygens (including phenoxy) is 1. The molecule has 172 valence electrons. The van der Waals surface area contributed by atoms with Gasteiger partial charge in [-0.3, -0.25) is 4.79 Å². The number of nitrogens with one attached hydrogen (secondary N) is 1. The number of aryl methyl sites for hydroxylation is 1. The standard InChI is InChI=1S/C23H27ClN2O5S/c1-16-8-4-5-9-19(16)17(2)25-22(27)15-31-23(28)18-10-11-20(24)21(14-18)32(29,30)26-12-6-3-7-13-26/h4-5,8-11,14,17H,3,6-7,12-13,15H2,1-2H3,(H,25,27). The SMILES string of the molecule is Cc1ccccc1C(C)NC(=O)COC(=O)c1ccc(Cl)c(S(=O)(=O)N2CCCCC2)c1. The molecule has 32 heavy (non-hydrogen) atoms. The molecule has 1 saturated heterocycles. The minimum Gasteiger partial charge on any atom is -0.452 e. The van der Waals surface area contributed by atoms with E-state index in [9.17, 15) is 18.0 Å². The quantitative estimate of drug-likeness (QED) is 0.610. The summed E-state index contributed by atoms with van der Waals surface area (Å²) in [5, 5.41) is 2.83. The van der Waals surface area contributed by atoms with E-state index in [2.05, 4.69) is 5.32 Å². The van der Waals surface area contributed by atoms with Crippen molar-refractivity contribution in [3.63, 3.8) is 0 Å². The monoisotopic (exact) mass is 478 g/mol. The molecule has 0 saturated carbocycles. The highest BCUT2D eigenvalue weighted by atomic mass is 35.5. The predicted molar refractivity (Wildman–Crippen MR) is 122 cm³/mol. The van der Waals surface area contributed by atoms with E-state index in [-0.39, 0.29) is 21.5 Å². The van der Waals surface area contributed by atoms with Crippen LogP contribution in [0.3, 0.4) is 0 Å². The fourth-order valence-electron chi connectivity index (χ4n) is 3.72. The van der Waals surface area contributed by atoms with Gasteiger partial charge in [0.15, 0.2) is 6.61 Å². The first-order valence-electron chi connectivity index (χ1n) is 10.5. The maximum Gasteiger partial charge on any atom is 0.338 e. The lowest BCUT2D eigenvalue weighted by Crippen LogP contribution is -2.35. The van der Waals surface area contributed by atoms with Gasteiger partial charge in [-0.15, -0.1) is 0 Å². The molecule has 1 fully saturated rings. The first-order chi connectivity index (χ1) is 15.2. The Hall–Kier alpha value is -2.42. The Morgan fingerprint density at radius 1 is 1.12 bits per heavy atom. The van der Waals surface area contributed by atoms with E-state index in [1.54, 1.807) is 0 Å². The lowest BCUT2D eigenvalue weighted by molar-refractivity contribution is -0.124. The van der Waals surface area contributed by atoms with Crippen molar-refractivity contribution in [3.8, 4) is 0 Å². The molecule has 7 nitrogen and oxygen atoms in total. The molecule has 1 unspecified atom stereocenters. The molecule has 2 aromatic rings. The Bertz CT molecular complexity index is 1100. The molecule has 1 aliphatic rings. The number of halogens is 1. The summed E-state index contributed by atoms with van der Waals surface area (Å²) in [6, 6.07) is 11.4. The Kier molecular flexibility index (Phi) is 7.92. The van der Waals surface area contributed by atoms with E-state index in [1.165, 1.54) is 22.5 Å². The fourth-order valence-corrected chi connectivity index (χ4v) is 5.74. The average Bonchev–Trinajstić information content (AvgIpc) is 2.78. The second-order valence-corrected chi connectivity index (χ2v) is 10.1. The summed E-state index contributed by atoms with van der Waals surface area (Å²) in [6.45, 7) is 4.16. The van der Waals surface area contributed by atoms with Gasteiger partial charge in [0.05, 0.1) is 16.6 Å². The molecule has 0 aromatic heterocycles. The van der Waals surface area contributed by atoms with Gasteiger partial charge in [0.2, 0.25) is 10.0 Å². The zero-order valence-electron chi connectivity index (χ0n) is 18.1. The molecule has 1 aliphatic heterocycles. The number of esters is 1. The Balaban J connectivity index is 1.65. The van der Waals surface area contributed by atoms with Gasteiger partial charge in [0.25, 0.3) is 5.91 Å². The third kappa shape index (κ3) is 5.68. The zero-order chi connectivity index (χ0) is 23.3. The Labute approximate surface area is 193 Å². The maximum absolute atomic E-state index is 13.0. The average molecular weight is 479 g/mol. The van der Waals surface area contributed by atoms with Crippen LogP contribution in [0.4, 0.5) is 0 Å². The number of hydrogen-bond donors (Lipinski definition) is 1. The summed E-state index contributed by atoms with van der Waals surface area (Å²) < 4.78 is 32.4. The largest absolute Gasteiger partial charge is 0.452 e. The molecule has 3 rings (SSSR count). The molecule has 0 bridgehead atoms. The van der Waals surface area contributed by atoms with Crippen LogP contribution < -0.4 is 5.32 Å². The van der Waals surface area contributed by atoms with Crippen molar-refractivity contribution in [2.24, 2.45) is 0 Å². The maximum atomic E-state index is 13.0. The number of piperidine rings is 1. The summed E-state index contributed by atoms with van der Waals surface area (Å²) in [5.41, 5.74) is 2.03. The molecule has 1 atom stereocenters. The van der Waals surface area contributed by atoms with Crippen LogP contribution in [0, 0.1) is 6.92 Å². The highest BCUT2D eigenvalue weighted by molar-refractivity contribution is 7.89. The molecule has 2 aromatic carbocycles. The van der Waals surface area contributed by atoms with E-state index in [4.69, 9.17) is 16.3 Å². The lowest BCUT2D eigenvalue weighted by Gasteiger charge is -2.26. The van der Waals surface area contributed by atoms with Crippen molar-refractivity contribution in [1.29, 1.82) is 0 Å². The van der Waals surface area contributed by atoms with E-state index in [0.717, 1.165) is 30.4 Å². The van der Waals surface area contributed by atoms with Crippen LogP contribution in [0.5, 0.6) is 0 Å². The van der Waals surface area contributed by atoms with Gasteiger partial charge in [-0.25, -0.2) is 13.2 Å². The topological polar surface area (TPSA) is 92.8 Å². The van der Waals surface area contributed by atoms with Gasteiger partial charge in [0.1, 0.15) is 4.90 Å². The number of rotatable bonds is 7. The van der Waals surface area contributed by atoms with Gasteiger partial charge < -0.3 is 10.1 Å².